The molecule has 1 unspecified atom stereocenters. The average molecular weight is 454 g/mol. The highest BCUT2D eigenvalue weighted by Gasteiger charge is 2.20. The third-order valence-electron chi connectivity index (χ3n) is 5.14. The fraction of sp³-hybridized carbons (Fsp3) is 0.385. The quantitative estimate of drug-likeness (QED) is 0.138. The Morgan fingerprint density at radius 3 is 2.55 bits per heavy atom. The second kappa shape index (κ2) is 15.5. The van der Waals surface area contributed by atoms with E-state index >= 15 is 0 Å². The summed E-state index contributed by atoms with van der Waals surface area (Å²) in [6.45, 7) is 22.7. The molecule has 1 rings (SSSR count). The first-order valence-electron chi connectivity index (χ1n) is 11.2. The molecule has 33 heavy (non-hydrogen) atoms. The molecule has 0 aromatic heterocycles. The highest BCUT2D eigenvalue weighted by atomic mass is 16.1. The molecule has 180 valence electrons. The molecule has 0 aliphatic heterocycles. The van der Waals surface area contributed by atoms with Crippen LogP contribution in [0, 0.1) is 5.92 Å². The Labute approximate surface area is 198 Å². The van der Waals surface area contributed by atoms with Gasteiger partial charge in [0.15, 0.2) is 0 Å². The van der Waals surface area contributed by atoms with Crippen LogP contribution in [0.2, 0.25) is 0 Å². The van der Waals surface area contributed by atoms with Crippen LogP contribution in [0.3, 0.4) is 0 Å². The Kier molecular flexibility index (Phi) is 13.0. The molecule has 0 spiro atoms. The monoisotopic (exact) mass is 453 g/mol. The molecular formula is C26H39N5O2. The maximum absolute atomic E-state index is 12.5. The Balaban J connectivity index is 3.01. The molecule has 7 nitrogen and oxygen atoms in total. The van der Waals surface area contributed by atoms with E-state index in [4.69, 9.17) is 0 Å². The van der Waals surface area contributed by atoms with Gasteiger partial charge in [-0.1, -0.05) is 44.4 Å². The summed E-state index contributed by atoms with van der Waals surface area (Å²) >= 11 is 0. The molecule has 0 aliphatic rings. The molecule has 7 heteroatoms. The fourth-order valence-corrected chi connectivity index (χ4v) is 3.42. The number of rotatable bonds is 18. The van der Waals surface area contributed by atoms with E-state index in [1.54, 1.807) is 18.3 Å². The molecular weight excluding hydrogens is 414 g/mol. The molecule has 2 atom stereocenters. The lowest BCUT2D eigenvalue weighted by molar-refractivity contribution is -0.110. The van der Waals surface area contributed by atoms with Crippen molar-refractivity contribution < 1.29 is 9.59 Å². The van der Waals surface area contributed by atoms with E-state index in [9.17, 15) is 9.59 Å². The highest BCUT2D eigenvalue weighted by molar-refractivity contribution is 5.94. The number of nitrogens with zero attached hydrogens (tertiary/aromatic N) is 2. The summed E-state index contributed by atoms with van der Waals surface area (Å²) in [7, 11) is 0. The molecule has 0 saturated heterocycles. The van der Waals surface area contributed by atoms with Crippen LogP contribution in [0.25, 0.3) is 0 Å². The van der Waals surface area contributed by atoms with Crippen LogP contribution in [0.1, 0.15) is 36.2 Å². The summed E-state index contributed by atoms with van der Waals surface area (Å²) in [6.07, 6.45) is 6.67. The van der Waals surface area contributed by atoms with Crippen molar-refractivity contribution in [3.05, 3.63) is 85.8 Å². The molecule has 1 aromatic carbocycles. The lowest BCUT2D eigenvalue weighted by Crippen LogP contribution is -2.42. The predicted octanol–water partition coefficient (Wildman–Crippen LogP) is 3.21. The lowest BCUT2D eigenvalue weighted by Gasteiger charge is -2.34. The third kappa shape index (κ3) is 10.2. The molecule has 0 saturated carbocycles. The Bertz CT molecular complexity index is 798. The zero-order valence-electron chi connectivity index (χ0n) is 20.1. The van der Waals surface area contributed by atoms with Gasteiger partial charge in [-0.3, -0.25) is 9.59 Å². The van der Waals surface area contributed by atoms with Gasteiger partial charge in [0.25, 0.3) is 5.91 Å². The summed E-state index contributed by atoms with van der Waals surface area (Å²) in [4.78, 5) is 25.5. The molecule has 0 fully saturated rings. The topological polar surface area (TPSA) is 76.7 Å². The van der Waals surface area contributed by atoms with Crippen LogP contribution >= 0.6 is 0 Å². The van der Waals surface area contributed by atoms with E-state index in [-0.39, 0.29) is 17.9 Å². The minimum atomic E-state index is -0.107. The molecule has 0 heterocycles. The number of hydrogen-bond acceptors (Lipinski definition) is 5. The zero-order valence-corrected chi connectivity index (χ0v) is 20.1. The first kappa shape index (κ1) is 27.7. The Morgan fingerprint density at radius 1 is 1.15 bits per heavy atom. The molecule has 0 bridgehead atoms. The second-order valence-electron chi connectivity index (χ2n) is 8.02. The lowest BCUT2D eigenvalue weighted by atomic mass is 10.0. The van der Waals surface area contributed by atoms with Gasteiger partial charge in [0.05, 0.1) is 0 Å². The molecule has 2 amide bonds. The highest BCUT2D eigenvalue weighted by Crippen LogP contribution is 2.19. The van der Waals surface area contributed by atoms with Gasteiger partial charge < -0.3 is 21.0 Å². The molecule has 0 aliphatic carbocycles. The van der Waals surface area contributed by atoms with Crippen molar-refractivity contribution in [1.29, 1.82) is 0 Å². The largest absolute Gasteiger partial charge is 0.369 e. The summed E-state index contributed by atoms with van der Waals surface area (Å²) < 4.78 is 0. The van der Waals surface area contributed by atoms with Gasteiger partial charge in [0.1, 0.15) is 0 Å². The molecule has 0 radical (unpaired) electrons. The van der Waals surface area contributed by atoms with Gasteiger partial charge in [-0.2, -0.15) is 0 Å². The minimum absolute atomic E-state index is 0.0626. The van der Waals surface area contributed by atoms with Crippen molar-refractivity contribution in [3.63, 3.8) is 0 Å². The first-order chi connectivity index (χ1) is 15.9. The van der Waals surface area contributed by atoms with Gasteiger partial charge in [-0.25, -0.2) is 5.01 Å². The number of carbonyl (C=O) groups excluding carboxylic acids is 2. The number of hydrazine groups is 1. The Morgan fingerprint density at radius 2 is 1.91 bits per heavy atom. The molecule has 1 aromatic rings. The van der Waals surface area contributed by atoms with Gasteiger partial charge in [-0.15, -0.1) is 13.2 Å². The van der Waals surface area contributed by atoms with Gasteiger partial charge in [-0.05, 0) is 31.0 Å². The van der Waals surface area contributed by atoms with Crippen molar-refractivity contribution in [2.45, 2.75) is 32.9 Å². The van der Waals surface area contributed by atoms with Crippen LogP contribution in [0.4, 0.5) is 0 Å². The van der Waals surface area contributed by atoms with Crippen molar-refractivity contribution in [1.82, 2.24) is 26.0 Å². The van der Waals surface area contributed by atoms with E-state index in [2.05, 4.69) is 54.2 Å². The number of amides is 2. The Hall–Kier alpha value is -3.32. The average Bonchev–Trinajstić information content (AvgIpc) is 2.79. The predicted molar refractivity (Wildman–Crippen MR) is 136 cm³/mol. The van der Waals surface area contributed by atoms with E-state index in [0.29, 0.717) is 44.7 Å². The number of nitrogens with one attached hydrogen (secondary N) is 3. The minimum Gasteiger partial charge on any atom is -0.369 e. The summed E-state index contributed by atoms with van der Waals surface area (Å²) in [6, 6.07) is 7.52. The van der Waals surface area contributed by atoms with Crippen molar-refractivity contribution in [2.75, 3.05) is 26.2 Å². The maximum atomic E-state index is 12.5. The fourth-order valence-electron chi connectivity index (χ4n) is 3.42. The SMILES string of the molecule is C=CCCNC(=O)c1cccc(CN(CC(C)NC=O)C(=C)[C@H](C)CN(CC=C)NC=C)c1. The van der Waals surface area contributed by atoms with Gasteiger partial charge >= 0.3 is 0 Å². The number of hydrogen-bond donors (Lipinski definition) is 3. The first-order valence-corrected chi connectivity index (χ1v) is 11.2. The number of benzene rings is 1. The summed E-state index contributed by atoms with van der Waals surface area (Å²) in [5.41, 5.74) is 5.66. The van der Waals surface area contributed by atoms with Crippen molar-refractivity contribution >= 4 is 12.3 Å². The zero-order chi connectivity index (χ0) is 24.6. The normalized spacial score (nSPS) is 12.2. The summed E-state index contributed by atoms with van der Waals surface area (Å²) in [5, 5.41) is 7.72. The van der Waals surface area contributed by atoms with Crippen LogP contribution < -0.4 is 16.1 Å². The third-order valence-corrected chi connectivity index (χ3v) is 5.14. The van der Waals surface area contributed by atoms with E-state index in [1.165, 1.54) is 0 Å². The van der Waals surface area contributed by atoms with Crippen LogP contribution in [-0.2, 0) is 11.3 Å². The standard InChI is InChI=1S/C26H39N5O2/c1-7-10-14-27-26(33)25-13-11-12-24(16-25)19-30(18-22(5)28-20-32)23(6)21(4)17-31(15-8-2)29-9-3/h7-9,11-13,16,20-22,29H,1-3,6,10,14-15,17-19H2,4-5H3,(H,27,33)(H,28,32)/t21-,22?/m1/s1. The van der Waals surface area contributed by atoms with E-state index in [1.807, 2.05) is 36.2 Å². The van der Waals surface area contributed by atoms with Gasteiger partial charge in [0, 0.05) is 62.1 Å². The molecule has 3 N–H and O–H groups in total. The maximum Gasteiger partial charge on any atom is 0.251 e. The van der Waals surface area contributed by atoms with Gasteiger partial charge in [0.2, 0.25) is 6.41 Å². The van der Waals surface area contributed by atoms with Crippen LogP contribution in [0.15, 0.2) is 74.6 Å². The van der Waals surface area contributed by atoms with Crippen LogP contribution in [0.5, 0.6) is 0 Å². The van der Waals surface area contributed by atoms with Crippen LogP contribution in [-0.4, -0.2) is 54.4 Å². The smallest absolute Gasteiger partial charge is 0.251 e. The van der Waals surface area contributed by atoms with E-state index < -0.39 is 0 Å². The number of carbonyl (C=O) groups is 2. The van der Waals surface area contributed by atoms with E-state index in [0.717, 1.165) is 17.7 Å². The second-order valence-corrected chi connectivity index (χ2v) is 8.02. The van der Waals surface area contributed by atoms with Crippen molar-refractivity contribution in [3.8, 4) is 0 Å². The summed E-state index contributed by atoms with van der Waals surface area (Å²) in [5.74, 6) is 0.00946. The van der Waals surface area contributed by atoms with Crippen molar-refractivity contribution in [2.24, 2.45) is 5.92 Å².